The molecule has 0 spiro atoms. The van der Waals surface area contributed by atoms with Gasteiger partial charge in [0, 0.05) is 18.7 Å². The lowest BCUT2D eigenvalue weighted by Gasteiger charge is -2.23. The van der Waals surface area contributed by atoms with Crippen LogP contribution < -0.4 is 11.1 Å². The van der Waals surface area contributed by atoms with Crippen LogP contribution in [-0.2, 0) is 29.5 Å². The molecule has 0 bridgehead atoms. The van der Waals surface area contributed by atoms with Gasteiger partial charge in [0.2, 0.25) is 0 Å². The number of phosphoric acid groups is 1. The van der Waals surface area contributed by atoms with E-state index in [1.807, 2.05) is 6.07 Å². The van der Waals surface area contributed by atoms with Gasteiger partial charge in [0.15, 0.2) is 11.9 Å². The molecular weight excluding hydrogens is 737 g/mol. The van der Waals surface area contributed by atoms with Crippen molar-refractivity contribution in [2.75, 3.05) is 32.2 Å². The lowest BCUT2D eigenvalue weighted by atomic mass is 10.0. The van der Waals surface area contributed by atoms with E-state index in [0.717, 1.165) is 19.3 Å². The fourth-order valence-corrected chi connectivity index (χ4v) is 7.12. The van der Waals surface area contributed by atoms with Crippen molar-refractivity contribution in [2.45, 2.75) is 134 Å². The van der Waals surface area contributed by atoms with Gasteiger partial charge in [0.25, 0.3) is 12.2 Å². The molecule has 15 nitrogen and oxygen atoms in total. The number of carbonyl (C=O) groups excluding carboxylic acids is 1. The molecule has 0 saturated carbocycles. The molecule has 4 atom stereocenters. The largest absolute Gasteiger partial charge is 0.472 e. The lowest BCUT2D eigenvalue weighted by Crippen LogP contribution is -2.42. The number of nitrogens with one attached hydrogen (secondary N) is 1. The number of nitrogens with two attached hydrogens (primary N) is 1. The minimum Gasteiger partial charge on any atom is -0.419 e. The van der Waals surface area contributed by atoms with Crippen molar-refractivity contribution in [2.24, 2.45) is 0 Å². The standard InChI is InChI=1S/C40H60N7O8P/c1-2-3-4-5-6-7-8-9-10-11-12-13-14-15-16-19-24-52-27-33(46-40(49)35-21-18-17-20-32(35)26-41)28-54-56(50,51)55-29-38(53-30-42)37(48)25-34-22-23-36-39(43)44-31-45-47(34)36/h17-18,20-23,31,33,37-38,48H,2-16,19,24-25,27-29H2,1H3,(H,46,49)(H,50,51)(H2,43,44,45)/t33-,37+,38-/m1/s1. The second kappa shape index (κ2) is 26.7. The van der Waals surface area contributed by atoms with Crippen LogP contribution in [0.4, 0.5) is 5.82 Å². The predicted molar refractivity (Wildman–Crippen MR) is 212 cm³/mol. The summed E-state index contributed by atoms with van der Waals surface area (Å²) in [5, 5.41) is 36.3. The third-order valence-corrected chi connectivity index (χ3v) is 10.5. The Bertz CT molecular complexity index is 1710. The van der Waals surface area contributed by atoms with E-state index in [9.17, 15) is 24.6 Å². The number of aliphatic hydroxyl groups excluding tert-OH is 1. The molecule has 2 heterocycles. The Morgan fingerprint density at radius 1 is 0.893 bits per heavy atom. The van der Waals surface area contributed by atoms with Gasteiger partial charge in [-0.3, -0.25) is 13.8 Å². The second-order valence-corrected chi connectivity index (χ2v) is 15.5. The number of anilines is 1. The second-order valence-electron chi connectivity index (χ2n) is 14.1. The van der Waals surface area contributed by atoms with Gasteiger partial charge >= 0.3 is 7.82 Å². The average molecular weight is 798 g/mol. The Morgan fingerprint density at radius 2 is 1.50 bits per heavy atom. The Hall–Kier alpha value is -4.08. The number of hydrogen-bond donors (Lipinski definition) is 4. The molecule has 0 fully saturated rings. The molecule has 2 aromatic heterocycles. The summed E-state index contributed by atoms with van der Waals surface area (Å²) in [6.07, 6.45) is 20.1. The number of nitrogen functional groups attached to an aromatic ring is 1. The number of nitriles is 2. The third kappa shape index (κ3) is 17.4. The SMILES string of the molecule is CCCCCCCCCCCCCCCCCCOC[C@H](COP(=O)(O)OC[C@@H](OC#N)[C@@H](O)Cc1ccc2c(N)ncnn12)NC(=O)c1ccccc1C#N. The molecule has 308 valence electrons. The number of aromatic nitrogens is 3. The number of fused-ring (bicyclic) bond motifs is 1. The zero-order valence-corrected chi connectivity index (χ0v) is 33.6. The maximum atomic E-state index is 13.1. The van der Waals surface area contributed by atoms with Crippen LogP contribution in [0.15, 0.2) is 42.7 Å². The van der Waals surface area contributed by atoms with Gasteiger partial charge < -0.3 is 30.5 Å². The Morgan fingerprint density at radius 3 is 2.12 bits per heavy atom. The number of phosphoric ester groups is 1. The summed E-state index contributed by atoms with van der Waals surface area (Å²) in [5.74, 6) is -0.340. The van der Waals surface area contributed by atoms with Crippen molar-refractivity contribution in [1.82, 2.24) is 19.9 Å². The van der Waals surface area contributed by atoms with Gasteiger partial charge in [-0.05, 0) is 30.7 Å². The van der Waals surface area contributed by atoms with Crippen LogP contribution in [0.2, 0.25) is 0 Å². The smallest absolute Gasteiger partial charge is 0.419 e. The molecule has 0 radical (unpaired) electrons. The highest BCUT2D eigenvalue weighted by molar-refractivity contribution is 7.47. The summed E-state index contributed by atoms with van der Waals surface area (Å²) >= 11 is 0. The van der Waals surface area contributed by atoms with Crippen LogP contribution in [0.3, 0.4) is 0 Å². The third-order valence-electron chi connectivity index (χ3n) is 9.54. The molecule has 1 amide bonds. The topological polar surface area (TPSA) is 227 Å². The van der Waals surface area contributed by atoms with E-state index in [2.05, 4.69) is 22.3 Å². The molecule has 1 aromatic carbocycles. The van der Waals surface area contributed by atoms with Crippen molar-refractivity contribution in [3.05, 3.63) is 59.5 Å². The highest BCUT2D eigenvalue weighted by atomic mass is 31.2. The first-order valence-electron chi connectivity index (χ1n) is 20.0. The van der Waals surface area contributed by atoms with Crippen molar-refractivity contribution >= 4 is 25.1 Å². The van der Waals surface area contributed by atoms with Crippen molar-refractivity contribution in [3.63, 3.8) is 0 Å². The highest BCUT2D eigenvalue weighted by Gasteiger charge is 2.30. The van der Waals surface area contributed by atoms with Gasteiger partial charge in [-0.2, -0.15) is 15.6 Å². The van der Waals surface area contributed by atoms with E-state index < -0.39 is 45.2 Å². The number of nitrogens with zero attached hydrogens (tertiary/aromatic N) is 5. The quantitative estimate of drug-likeness (QED) is 0.0288. The van der Waals surface area contributed by atoms with Gasteiger partial charge in [-0.1, -0.05) is 115 Å². The molecule has 3 aromatic rings. The zero-order valence-electron chi connectivity index (χ0n) is 32.7. The normalized spacial score (nSPS) is 14.0. The van der Waals surface area contributed by atoms with Crippen LogP contribution in [-0.4, -0.2) is 75.2 Å². The number of unbranched alkanes of at least 4 members (excludes halogenated alkanes) is 15. The minimum atomic E-state index is -4.79. The zero-order chi connectivity index (χ0) is 40.4. The van der Waals surface area contributed by atoms with Gasteiger partial charge in [-0.25, -0.2) is 14.1 Å². The summed E-state index contributed by atoms with van der Waals surface area (Å²) in [6.45, 7) is 1.50. The summed E-state index contributed by atoms with van der Waals surface area (Å²) in [4.78, 5) is 27.6. The fourth-order valence-electron chi connectivity index (χ4n) is 6.34. The Labute approximate surface area is 331 Å². The molecule has 0 aliphatic carbocycles. The first kappa shape index (κ1) is 46.3. The maximum absolute atomic E-state index is 13.1. The summed E-state index contributed by atoms with van der Waals surface area (Å²) in [5.41, 5.74) is 7.22. The van der Waals surface area contributed by atoms with Crippen LogP contribution in [0, 0.1) is 22.8 Å². The van der Waals surface area contributed by atoms with Crippen LogP contribution in [0.5, 0.6) is 0 Å². The van der Waals surface area contributed by atoms with Crippen molar-refractivity contribution in [3.8, 4) is 12.3 Å². The summed E-state index contributed by atoms with van der Waals surface area (Å²) < 4.78 is 35.5. The van der Waals surface area contributed by atoms with Crippen LogP contribution in [0.1, 0.15) is 131 Å². The molecule has 16 heteroatoms. The Balaban J connectivity index is 1.42. The minimum absolute atomic E-state index is 0.0303. The first-order valence-corrected chi connectivity index (χ1v) is 21.5. The number of aliphatic hydroxyl groups is 1. The van der Waals surface area contributed by atoms with E-state index in [1.54, 1.807) is 24.3 Å². The summed E-state index contributed by atoms with van der Waals surface area (Å²) in [6, 6.07) is 10.7. The molecule has 0 aliphatic rings. The lowest BCUT2D eigenvalue weighted by molar-refractivity contribution is -0.0186. The van der Waals surface area contributed by atoms with Gasteiger partial charge in [-0.15, -0.1) is 0 Å². The van der Waals surface area contributed by atoms with Crippen molar-refractivity contribution in [1.29, 1.82) is 10.5 Å². The number of ether oxygens (including phenoxy) is 2. The molecule has 1 unspecified atom stereocenters. The molecule has 5 N–H and O–H groups in total. The molecule has 56 heavy (non-hydrogen) atoms. The van der Waals surface area contributed by atoms with E-state index in [0.29, 0.717) is 17.8 Å². The van der Waals surface area contributed by atoms with E-state index >= 15 is 0 Å². The number of rotatable bonds is 31. The van der Waals surface area contributed by atoms with E-state index in [1.165, 1.54) is 113 Å². The fraction of sp³-hybridized carbons (Fsp3) is 0.625. The van der Waals surface area contributed by atoms with Gasteiger partial charge in [0.1, 0.15) is 11.8 Å². The molecule has 3 rings (SSSR count). The number of amides is 1. The number of benzene rings is 1. The van der Waals surface area contributed by atoms with Gasteiger partial charge in [0.05, 0.1) is 49.2 Å². The highest BCUT2D eigenvalue weighted by Crippen LogP contribution is 2.43. The van der Waals surface area contributed by atoms with Crippen LogP contribution in [0.25, 0.3) is 5.52 Å². The molecular formula is C40H60N7O8P. The predicted octanol–water partition coefficient (Wildman–Crippen LogP) is 7.16. The maximum Gasteiger partial charge on any atom is 0.472 e. The number of carbonyl (C=O) groups is 1. The average Bonchev–Trinajstić information content (AvgIpc) is 3.61. The number of hydrogen-bond acceptors (Lipinski definition) is 12. The first-order chi connectivity index (χ1) is 27.2. The monoisotopic (exact) mass is 797 g/mol. The summed E-state index contributed by atoms with van der Waals surface area (Å²) in [7, 11) is -4.79. The molecule has 0 saturated heterocycles. The van der Waals surface area contributed by atoms with Crippen molar-refractivity contribution < 1.29 is 37.9 Å². The van der Waals surface area contributed by atoms with E-state index in [4.69, 9.17) is 29.5 Å². The van der Waals surface area contributed by atoms with E-state index in [-0.39, 0.29) is 30.0 Å². The van der Waals surface area contributed by atoms with Crippen LogP contribution >= 0.6 is 7.82 Å². The molecule has 0 aliphatic heterocycles. The Kier molecular flexibility index (Phi) is 22.1.